The zero-order valence-corrected chi connectivity index (χ0v) is 14.5. The summed E-state index contributed by atoms with van der Waals surface area (Å²) in [4.78, 5) is 16.8. The summed E-state index contributed by atoms with van der Waals surface area (Å²) in [6.45, 7) is 4.96. The van der Waals surface area contributed by atoms with Crippen LogP contribution in [0.1, 0.15) is 6.92 Å². The highest BCUT2D eigenvalue weighted by molar-refractivity contribution is 8.00. The molecule has 0 spiro atoms. The Kier molecular flexibility index (Phi) is 5.25. The van der Waals surface area contributed by atoms with Crippen molar-refractivity contribution in [1.29, 1.82) is 0 Å². The zero-order valence-electron chi connectivity index (χ0n) is 13.7. The van der Waals surface area contributed by atoms with Crippen molar-refractivity contribution in [2.75, 3.05) is 31.1 Å². The highest BCUT2D eigenvalue weighted by Crippen LogP contribution is 2.22. The Hall–Kier alpha value is -2.21. The number of amides is 1. The highest BCUT2D eigenvalue weighted by Gasteiger charge is 2.27. The number of para-hydroxylation sites is 1. The zero-order chi connectivity index (χ0) is 16.9. The maximum absolute atomic E-state index is 12.6. The Morgan fingerprint density at radius 1 is 1.08 bits per heavy atom. The predicted octanol–water partition coefficient (Wildman–Crippen LogP) is 2.15. The SMILES string of the molecule is CC(Sc1cccc[n+]1[O-])C(=O)N1CCN(c2ccccc2)CC1. The summed E-state index contributed by atoms with van der Waals surface area (Å²) in [7, 11) is 0. The summed E-state index contributed by atoms with van der Waals surface area (Å²) in [5.74, 6) is 0.0940. The monoisotopic (exact) mass is 343 g/mol. The van der Waals surface area contributed by atoms with Gasteiger partial charge in [0.25, 0.3) is 5.03 Å². The third kappa shape index (κ3) is 3.82. The van der Waals surface area contributed by atoms with Crippen LogP contribution >= 0.6 is 11.8 Å². The molecule has 1 aromatic heterocycles. The van der Waals surface area contributed by atoms with Crippen LogP contribution in [0.25, 0.3) is 0 Å². The van der Waals surface area contributed by atoms with Crippen LogP contribution in [-0.4, -0.2) is 42.2 Å². The molecule has 1 saturated heterocycles. The normalized spacial score (nSPS) is 16.0. The first-order chi connectivity index (χ1) is 11.6. The number of piperazine rings is 1. The van der Waals surface area contributed by atoms with Gasteiger partial charge in [0, 0.05) is 44.0 Å². The number of nitrogens with zero attached hydrogens (tertiary/aromatic N) is 3. The van der Waals surface area contributed by atoms with Gasteiger partial charge < -0.3 is 15.0 Å². The van der Waals surface area contributed by atoms with Crippen LogP contribution in [0.4, 0.5) is 5.69 Å². The van der Waals surface area contributed by atoms with Crippen molar-refractivity contribution in [2.45, 2.75) is 17.2 Å². The van der Waals surface area contributed by atoms with Gasteiger partial charge >= 0.3 is 0 Å². The lowest BCUT2D eigenvalue weighted by Gasteiger charge is -2.37. The van der Waals surface area contributed by atoms with E-state index in [0.29, 0.717) is 18.1 Å². The number of pyridine rings is 1. The first kappa shape index (κ1) is 16.6. The van der Waals surface area contributed by atoms with Crippen molar-refractivity contribution in [1.82, 2.24) is 4.90 Å². The fourth-order valence-corrected chi connectivity index (χ4v) is 3.75. The molecule has 1 amide bonds. The largest absolute Gasteiger partial charge is 0.618 e. The van der Waals surface area contributed by atoms with Crippen LogP contribution in [-0.2, 0) is 4.79 Å². The number of benzene rings is 1. The van der Waals surface area contributed by atoms with E-state index in [1.165, 1.54) is 23.6 Å². The average Bonchev–Trinajstić information content (AvgIpc) is 2.64. The summed E-state index contributed by atoms with van der Waals surface area (Å²) < 4.78 is 0.807. The predicted molar refractivity (Wildman–Crippen MR) is 96.0 cm³/mol. The Morgan fingerprint density at radius 2 is 1.75 bits per heavy atom. The molecule has 1 aromatic carbocycles. The highest BCUT2D eigenvalue weighted by atomic mass is 32.2. The molecule has 1 aliphatic rings. The van der Waals surface area contributed by atoms with Crippen molar-refractivity contribution < 1.29 is 9.52 Å². The molecule has 1 atom stereocenters. The van der Waals surface area contributed by atoms with Crippen LogP contribution in [0.3, 0.4) is 0 Å². The van der Waals surface area contributed by atoms with Crippen LogP contribution in [0.2, 0.25) is 0 Å². The van der Waals surface area contributed by atoms with E-state index in [1.54, 1.807) is 12.1 Å². The molecule has 6 heteroatoms. The van der Waals surface area contributed by atoms with Crippen molar-refractivity contribution in [3.05, 3.63) is 59.9 Å². The Labute approximate surface area is 146 Å². The van der Waals surface area contributed by atoms with Gasteiger partial charge in [-0.1, -0.05) is 18.2 Å². The van der Waals surface area contributed by atoms with E-state index in [1.807, 2.05) is 36.1 Å². The third-order valence-corrected chi connectivity index (χ3v) is 5.26. The van der Waals surface area contributed by atoms with E-state index in [0.717, 1.165) is 17.8 Å². The topological polar surface area (TPSA) is 50.5 Å². The summed E-state index contributed by atoms with van der Waals surface area (Å²) in [5, 5.41) is 12.0. The minimum Gasteiger partial charge on any atom is -0.618 e. The van der Waals surface area contributed by atoms with E-state index in [-0.39, 0.29) is 11.2 Å². The van der Waals surface area contributed by atoms with Crippen molar-refractivity contribution >= 4 is 23.4 Å². The summed E-state index contributed by atoms with van der Waals surface area (Å²) in [6.07, 6.45) is 1.46. The number of anilines is 1. The lowest BCUT2D eigenvalue weighted by Crippen LogP contribution is -2.50. The first-order valence-electron chi connectivity index (χ1n) is 8.09. The molecule has 0 radical (unpaired) electrons. The molecule has 126 valence electrons. The maximum atomic E-state index is 12.6. The third-order valence-electron chi connectivity index (χ3n) is 4.15. The van der Waals surface area contributed by atoms with E-state index < -0.39 is 0 Å². The molecule has 24 heavy (non-hydrogen) atoms. The summed E-state index contributed by atoms with van der Waals surface area (Å²) in [5.41, 5.74) is 1.20. The molecule has 1 unspecified atom stereocenters. The molecular formula is C18H21N3O2S. The second-order valence-electron chi connectivity index (χ2n) is 5.77. The molecule has 2 aromatic rings. The van der Waals surface area contributed by atoms with Crippen LogP contribution in [0.5, 0.6) is 0 Å². The second-order valence-corrected chi connectivity index (χ2v) is 7.13. The minimum atomic E-state index is -0.268. The number of carbonyl (C=O) groups excluding carboxylic acids is 1. The molecule has 0 aliphatic carbocycles. The smallest absolute Gasteiger partial charge is 0.252 e. The van der Waals surface area contributed by atoms with Gasteiger partial charge in [-0.05, 0) is 36.9 Å². The van der Waals surface area contributed by atoms with Crippen molar-refractivity contribution in [3.8, 4) is 0 Å². The van der Waals surface area contributed by atoms with Gasteiger partial charge in [0.2, 0.25) is 5.91 Å². The minimum absolute atomic E-state index is 0.0940. The molecule has 0 bridgehead atoms. The van der Waals surface area contributed by atoms with E-state index in [9.17, 15) is 10.0 Å². The fourth-order valence-electron chi connectivity index (χ4n) is 2.82. The van der Waals surface area contributed by atoms with Gasteiger partial charge in [-0.3, -0.25) is 4.79 Å². The van der Waals surface area contributed by atoms with Crippen LogP contribution < -0.4 is 9.63 Å². The Bertz CT molecular complexity index is 688. The lowest BCUT2D eigenvalue weighted by atomic mass is 10.2. The van der Waals surface area contributed by atoms with E-state index in [4.69, 9.17) is 0 Å². The number of carbonyl (C=O) groups is 1. The number of hydrogen-bond donors (Lipinski definition) is 0. The van der Waals surface area contributed by atoms with E-state index >= 15 is 0 Å². The Morgan fingerprint density at radius 3 is 2.42 bits per heavy atom. The van der Waals surface area contributed by atoms with Gasteiger partial charge in [0.1, 0.15) is 0 Å². The van der Waals surface area contributed by atoms with Crippen LogP contribution in [0, 0.1) is 5.21 Å². The van der Waals surface area contributed by atoms with Gasteiger partial charge in [0.15, 0.2) is 6.20 Å². The van der Waals surface area contributed by atoms with Gasteiger partial charge in [-0.15, -0.1) is 0 Å². The second kappa shape index (κ2) is 7.57. The molecule has 2 heterocycles. The molecule has 5 nitrogen and oxygen atoms in total. The van der Waals surface area contributed by atoms with Crippen LogP contribution in [0.15, 0.2) is 59.8 Å². The standard InChI is InChI=1S/C18H21N3O2S/c1-15(24-17-9-5-6-10-21(17)23)18(22)20-13-11-19(12-14-20)16-7-3-2-4-8-16/h2-10,15H,11-14H2,1H3. The molecule has 0 saturated carbocycles. The van der Waals surface area contributed by atoms with Crippen molar-refractivity contribution in [2.24, 2.45) is 0 Å². The summed E-state index contributed by atoms with van der Waals surface area (Å²) in [6, 6.07) is 15.5. The van der Waals surface area contributed by atoms with Gasteiger partial charge in [0.05, 0.1) is 5.25 Å². The molecule has 3 rings (SSSR count). The number of aromatic nitrogens is 1. The lowest BCUT2D eigenvalue weighted by molar-refractivity contribution is -0.645. The molecular weight excluding hydrogens is 322 g/mol. The van der Waals surface area contributed by atoms with Crippen molar-refractivity contribution in [3.63, 3.8) is 0 Å². The quantitative estimate of drug-likeness (QED) is 0.485. The molecule has 0 N–H and O–H groups in total. The van der Waals surface area contributed by atoms with E-state index in [2.05, 4.69) is 17.0 Å². The van der Waals surface area contributed by atoms with Gasteiger partial charge in [-0.2, -0.15) is 4.73 Å². The first-order valence-corrected chi connectivity index (χ1v) is 8.97. The Balaban J connectivity index is 1.56. The number of rotatable bonds is 4. The average molecular weight is 343 g/mol. The fraction of sp³-hybridized carbons (Fsp3) is 0.333. The number of hydrogen-bond acceptors (Lipinski definition) is 4. The molecule has 1 aliphatic heterocycles. The maximum Gasteiger partial charge on any atom is 0.252 e. The van der Waals surface area contributed by atoms with Gasteiger partial charge in [-0.25, -0.2) is 0 Å². The number of thioether (sulfide) groups is 1. The summed E-state index contributed by atoms with van der Waals surface area (Å²) >= 11 is 1.31. The molecule has 1 fully saturated rings.